The zero-order chi connectivity index (χ0) is 30.2. The average Bonchev–Trinajstić information content (AvgIpc) is 3.48. The Labute approximate surface area is 244 Å². The molecule has 218 valence electrons. The van der Waals surface area contributed by atoms with Gasteiger partial charge in [0.25, 0.3) is 11.8 Å². The fourth-order valence-corrected chi connectivity index (χ4v) is 4.77. The maximum atomic E-state index is 13.5. The second-order valence-corrected chi connectivity index (χ2v) is 10.3. The van der Waals surface area contributed by atoms with Gasteiger partial charge < -0.3 is 20.2 Å². The number of hydrogen-bond acceptors (Lipinski definition) is 6. The maximum absolute atomic E-state index is 13.5. The molecule has 0 aliphatic rings. The molecule has 0 aliphatic heterocycles. The number of halogens is 1. The van der Waals surface area contributed by atoms with Gasteiger partial charge in [-0.05, 0) is 79.6 Å². The number of nitrogens with zero attached hydrogens (tertiary/aromatic N) is 1. The number of aromatic nitrogens is 1. The van der Waals surface area contributed by atoms with Crippen LogP contribution in [0.3, 0.4) is 0 Å². The molecular formula is C33H34FN3O5. The Kier molecular flexibility index (Phi) is 9.85. The van der Waals surface area contributed by atoms with Gasteiger partial charge in [-0.1, -0.05) is 38.1 Å². The summed E-state index contributed by atoms with van der Waals surface area (Å²) in [6.07, 6.45) is 2.80. The zero-order valence-electron chi connectivity index (χ0n) is 23.9. The van der Waals surface area contributed by atoms with E-state index in [1.54, 1.807) is 55.5 Å². The van der Waals surface area contributed by atoms with Crippen LogP contribution in [-0.2, 0) is 30.5 Å². The largest absolute Gasteiger partial charge is 0.467 e. The first-order valence-electron chi connectivity index (χ1n) is 13.9. The van der Waals surface area contributed by atoms with Gasteiger partial charge in [0.15, 0.2) is 0 Å². The Hall–Kier alpha value is -4.79. The van der Waals surface area contributed by atoms with Crippen LogP contribution in [0.1, 0.15) is 74.6 Å². The lowest BCUT2D eigenvalue weighted by Crippen LogP contribution is -2.23. The summed E-state index contributed by atoms with van der Waals surface area (Å²) in [5, 5.41) is 2.80. The molecule has 0 fully saturated rings. The van der Waals surface area contributed by atoms with Crippen LogP contribution in [0, 0.1) is 11.7 Å². The lowest BCUT2D eigenvalue weighted by molar-refractivity contribution is 0.0525. The molecule has 4 rings (SSSR count). The van der Waals surface area contributed by atoms with Crippen LogP contribution in [0.5, 0.6) is 0 Å². The molecule has 2 amide bonds. The predicted octanol–water partition coefficient (Wildman–Crippen LogP) is 5.67. The minimum absolute atomic E-state index is 0.115. The molecule has 0 spiro atoms. The van der Waals surface area contributed by atoms with Gasteiger partial charge in [0.1, 0.15) is 11.6 Å². The molecular weight excluding hydrogens is 537 g/mol. The van der Waals surface area contributed by atoms with Crippen LogP contribution in [-0.4, -0.2) is 29.4 Å². The van der Waals surface area contributed by atoms with E-state index < -0.39 is 11.9 Å². The highest BCUT2D eigenvalue weighted by Gasteiger charge is 2.29. The maximum Gasteiger partial charge on any atom is 0.340 e. The number of amides is 2. The van der Waals surface area contributed by atoms with E-state index in [1.165, 1.54) is 18.4 Å². The molecule has 42 heavy (non-hydrogen) atoms. The second kappa shape index (κ2) is 13.7. The molecule has 3 N–H and O–H groups in total. The van der Waals surface area contributed by atoms with E-state index in [1.807, 2.05) is 13.8 Å². The smallest absolute Gasteiger partial charge is 0.340 e. The molecule has 2 aromatic carbocycles. The van der Waals surface area contributed by atoms with Crippen LogP contribution in [0.25, 0.3) is 11.1 Å². The van der Waals surface area contributed by atoms with Crippen LogP contribution >= 0.6 is 0 Å². The van der Waals surface area contributed by atoms with E-state index in [9.17, 15) is 18.8 Å². The van der Waals surface area contributed by atoms with Crippen LogP contribution in [0.15, 0.2) is 71.3 Å². The molecule has 2 heterocycles. The van der Waals surface area contributed by atoms with Crippen molar-refractivity contribution < 1.29 is 27.9 Å². The third-order valence-corrected chi connectivity index (χ3v) is 6.68. The predicted molar refractivity (Wildman–Crippen MR) is 156 cm³/mol. The summed E-state index contributed by atoms with van der Waals surface area (Å²) >= 11 is 0. The molecule has 0 bridgehead atoms. The van der Waals surface area contributed by atoms with Gasteiger partial charge in [0.05, 0.1) is 41.9 Å². The number of nitrogens with one attached hydrogen (secondary N) is 1. The fourth-order valence-electron chi connectivity index (χ4n) is 4.77. The molecule has 0 saturated heterocycles. The molecule has 4 aromatic rings. The van der Waals surface area contributed by atoms with E-state index in [4.69, 9.17) is 19.9 Å². The second-order valence-electron chi connectivity index (χ2n) is 10.3. The first-order valence-corrected chi connectivity index (χ1v) is 13.9. The third kappa shape index (κ3) is 7.28. The molecule has 0 atom stereocenters. The van der Waals surface area contributed by atoms with Gasteiger partial charge in [-0.25, -0.2) is 9.18 Å². The molecule has 9 heteroatoms. The Bertz CT molecular complexity index is 1550. The number of pyridine rings is 1. The SMILES string of the molecule is CCOC(=O)c1c(CCc2ccc(F)cc2)nc(CC(C)C)c(C(N)=O)c1-c1ccc(C(=O)NCc2ccco2)cc1. The Balaban J connectivity index is 1.81. The minimum Gasteiger partial charge on any atom is -0.467 e. The molecule has 0 aliphatic carbocycles. The van der Waals surface area contributed by atoms with E-state index in [0.29, 0.717) is 53.1 Å². The van der Waals surface area contributed by atoms with Crippen molar-refractivity contribution in [2.45, 2.75) is 46.6 Å². The number of esters is 1. The number of primary amides is 1. The topological polar surface area (TPSA) is 125 Å². The molecule has 0 unspecified atom stereocenters. The van der Waals surface area contributed by atoms with Gasteiger partial charge in [-0.3, -0.25) is 14.6 Å². The number of benzene rings is 2. The molecule has 2 aromatic heterocycles. The lowest BCUT2D eigenvalue weighted by Gasteiger charge is -2.21. The van der Waals surface area contributed by atoms with E-state index in [0.717, 1.165) is 5.56 Å². The summed E-state index contributed by atoms with van der Waals surface area (Å²) in [6, 6.07) is 16.2. The molecule has 0 saturated carbocycles. The van der Waals surface area contributed by atoms with Crippen molar-refractivity contribution in [1.82, 2.24) is 10.3 Å². The Morgan fingerprint density at radius 2 is 1.69 bits per heavy atom. The van der Waals surface area contributed by atoms with Crippen molar-refractivity contribution in [3.8, 4) is 11.1 Å². The summed E-state index contributed by atoms with van der Waals surface area (Å²) in [7, 11) is 0. The van der Waals surface area contributed by atoms with Gasteiger partial charge in [0.2, 0.25) is 0 Å². The summed E-state index contributed by atoms with van der Waals surface area (Å²) in [5.74, 6) is -1.24. The molecule has 8 nitrogen and oxygen atoms in total. The van der Waals surface area contributed by atoms with Crippen LogP contribution < -0.4 is 11.1 Å². The Morgan fingerprint density at radius 3 is 2.29 bits per heavy atom. The lowest BCUT2D eigenvalue weighted by atomic mass is 9.88. The molecule has 0 radical (unpaired) electrons. The van der Waals surface area contributed by atoms with Crippen molar-refractivity contribution in [2.24, 2.45) is 11.7 Å². The normalized spacial score (nSPS) is 11.0. The van der Waals surface area contributed by atoms with Crippen molar-refractivity contribution >= 4 is 17.8 Å². The van der Waals surface area contributed by atoms with Crippen molar-refractivity contribution in [2.75, 3.05) is 6.61 Å². The zero-order valence-corrected chi connectivity index (χ0v) is 23.9. The van der Waals surface area contributed by atoms with Gasteiger partial charge in [-0.15, -0.1) is 0 Å². The van der Waals surface area contributed by atoms with Crippen molar-refractivity contribution in [3.63, 3.8) is 0 Å². The van der Waals surface area contributed by atoms with Crippen molar-refractivity contribution in [1.29, 1.82) is 0 Å². The summed E-state index contributed by atoms with van der Waals surface area (Å²) in [6.45, 7) is 6.04. The standard InChI is InChI=1S/C33H34FN3O5/c1-4-41-33(40)30-26(16-9-21-7-14-24(34)15-8-21)37-27(18-20(2)3)29(31(35)38)28(30)22-10-12-23(13-11-22)32(39)36-19-25-6-5-17-42-25/h5-8,10-15,17,20H,4,9,16,18-19H2,1-3H3,(H2,35,38)(H,36,39). The Morgan fingerprint density at radius 1 is 0.976 bits per heavy atom. The average molecular weight is 572 g/mol. The number of aryl methyl sites for hydroxylation is 2. The monoisotopic (exact) mass is 571 g/mol. The highest BCUT2D eigenvalue weighted by atomic mass is 19.1. The van der Waals surface area contributed by atoms with E-state index >= 15 is 0 Å². The highest BCUT2D eigenvalue weighted by Crippen LogP contribution is 2.34. The number of carbonyl (C=O) groups is 3. The van der Waals surface area contributed by atoms with E-state index in [2.05, 4.69) is 5.32 Å². The van der Waals surface area contributed by atoms with Gasteiger partial charge in [-0.2, -0.15) is 0 Å². The number of ether oxygens (including phenoxy) is 1. The van der Waals surface area contributed by atoms with Crippen LogP contribution in [0.2, 0.25) is 0 Å². The summed E-state index contributed by atoms with van der Waals surface area (Å²) in [4.78, 5) is 44.0. The highest BCUT2D eigenvalue weighted by molar-refractivity contribution is 6.08. The first kappa shape index (κ1) is 30.2. The van der Waals surface area contributed by atoms with Crippen LogP contribution in [0.4, 0.5) is 4.39 Å². The number of furan rings is 1. The minimum atomic E-state index is -0.718. The number of rotatable bonds is 12. The van der Waals surface area contributed by atoms with Crippen molar-refractivity contribution in [3.05, 3.63) is 112 Å². The van der Waals surface area contributed by atoms with E-state index in [-0.39, 0.29) is 41.9 Å². The number of nitrogens with two attached hydrogens (primary N) is 1. The fraction of sp³-hybridized carbons (Fsp3) is 0.273. The summed E-state index contributed by atoms with van der Waals surface area (Å²) < 4.78 is 24.2. The summed E-state index contributed by atoms with van der Waals surface area (Å²) in [5.41, 5.74) is 9.24. The first-order chi connectivity index (χ1) is 20.2. The van der Waals surface area contributed by atoms with Gasteiger partial charge >= 0.3 is 5.97 Å². The number of hydrogen-bond donors (Lipinski definition) is 2. The third-order valence-electron chi connectivity index (χ3n) is 6.68. The van der Waals surface area contributed by atoms with Gasteiger partial charge in [0, 0.05) is 11.1 Å². The quantitative estimate of drug-likeness (QED) is 0.211. The number of carbonyl (C=O) groups excluding carboxylic acids is 3.